The second kappa shape index (κ2) is 5.87. The summed E-state index contributed by atoms with van der Waals surface area (Å²) in [6, 6.07) is 7.78. The quantitative estimate of drug-likeness (QED) is 0.631. The van der Waals surface area contributed by atoms with Crippen LogP contribution in [0.4, 0.5) is 5.69 Å². The van der Waals surface area contributed by atoms with Gasteiger partial charge >= 0.3 is 0 Å². The molecule has 98 valence electrons. The van der Waals surface area contributed by atoms with Crippen LogP contribution in [-0.2, 0) is 4.74 Å². The monoisotopic (exact) mass is 247 g/mol. The number of rotatable bonds is 4. The molecule has 0 bridgehead atoms. The molecule has 0 radical (unpaired) electrons. The van der Waals surface area contributed by atoms with Gasteiger partial charge in [0.1, 0.15) is 5.84 Å². The van der Waals surface area contributed by atoms with E-state index in [0.29, 0.717) is 6.10 Å². The first-order valence-corrected chi connectivity index (χ1v) is 6.44. The summed E-state index contributed by atoms with van der Waals surface area (Å²) in [5.74, 6) is 0.110. The third-order valence-electron chi connectivity index (χ3n) is 3.35. The van der Waals surface area contributed by atoms with Crippen LogP contribution >= 0.6 is 0 Å². The summed E-state index contributed by atoms with van der Waals surface area (Å²) in [4.78, 5) is 2.17. The molecule has 3 N–H and O–H groups in total. The number of nitrogens with zero attached hydrogens (tertiary/aromatic N) is 1. The molecule has 2 rings (SSSR count). The van der Waals surface area contributed by atoms with Gasteiger partial charge < -0.3 is 15.4 Å². The minimum atomic E-state index is 0.110. The molecule has 1 aromatic carbocycles. The molecule has 0 amide bonds. The van der Waals surface area contributed by atoms with Crippen LogP contribution in [0, 0.1) is 5.41 Å². The zero-order valence-corrected chi connectivity index (χ0v) is 10.9. The van der Waals surface area contributed by atoms with Gasteiger partial charge in [-0.25, -0.2) is 0 Å². The first kappa shape index (κ1) is 12.9. The average Bonchev–Trinajstić information content (AvgIpc) is 2.40. The lowest BCUT2D eigenvalue weighted by Crippen LogP contribution is -2.33. The lowest BCUT2D eigenvalue weighted by molar-refractivity contribution is 0.0216. The van der Waals surface area contributed by atoms with Gasteiger partial charge in [0.2, 0.25) is 0 Å². The van der Waals surface area contributed by atoms with Crippen molar-refractivity contribution in [2.45, 2.75) is 25.4 Å². The molecule has 1 unspecified atom stereocenters. The Kier molecular flexibility index (Phi) is 4.20. The van der Waals surface area contributed by atoms with Gasteiger partial charge in [-0.1, -0.05) is 12.1 Å². The van der Waals surface area contributed by atoms with Crippen molar-refractivity contribution in [3.63, 3.8) is 0 Å². The fourth-order valence-corrected chi connectivity index (χ4v) is 2.27. The molecule has 1 aromatic rings. The van der Waals surface area contributed by atoms with Gasteiger partial charge in [-0.15, -0.1) is 0 Å². The summed E-state index contributed by atoms with van der Waals surface area (Å²) in [5, 5.41) is 7.46. The Morgan fingerprint density at radius 1 is 1.50 bits per heavy atom. The van der Waals surface area contributed by atoms with Crippen LogP contribution in [-0.4, -0.2) is 32.1 Å². The van der Waals surface area contributed by atoms with Gasteiger partial charge in [-0.05, 0) is 31.4 Å². The van der Waals surface area contributed by atoms with E-state index in [9.17, 15) is 0 Å². The number of nitrogens with one attached hydrogen (secondary N) is 1. The third kappa shape index (κ3) is 3.23. The maximum Gasteiger partial charge on any atom is 0.122 e. The Balaban J connectivity index is 2.01. The van der Waals surface area contributed by atoms with E-state index in [-0.39, 0.29) is 5.84 Å². The largest absolute Gasteiger partial charge is 0.384 e. The fraction of sp³-hybridized carbons (Fsp3) is 0.500. The maximum atomic E-state index is 7.46. The maximum absolute atomic E-state index is 7.46. The number of hydrogen-bond acceptors (Lipinski definition) is 3. The van der Waals surface area contributed by atoms with Crippen molar-refractivity contribution >= 4 is 11.5 Å². The molecule has 1 aliphatic heterocycles. The first-order chi connectivity index (χ1) is 8.66. The summed E-state index contributed by atoms with van der Waals surface area (Å²) in [6.07, 6.45) is 3.90. The summed E-state index contributed by atoms with van der Waals surface area (Å²) in [6.45, 7) is 1.77. The van der Waals surface area contributed by atoms with E-state index in [0.717, 1.165) is 30.8 Å². The van der Waals surface area contributed by atoms with Crippen LogP contribution in [0.25, 0.3) is 0 Å². The zero-order chi connectivity index (χ0) is 13.0. The molecule has 1 saturated heterocycles. The van der Waals surface area contributed by atoms with Crippen molar-refractivity contribution < 1.29 is 4.74 Å². The van der Waals surface area contributed by atoms with E-state index in [4.69, 9.17) is 15.9 Å². The van der Waals surface area contributed by atoms with Crippen LogP contribution < -0.4 is 10.6 Å². The lowest BCUT2D eigenvalue weighted by Gasteiger charge is -2.28. The number of hydrogen-bond donors (Lipinski definition) is 2. The fourth-order valence-electron chi connectivity index (χ4n) is 2.27. The molecule has 0 spiro atoms. The van der Waals surface area contributed by atoms with E-state index in [1.807, 2.05) is 24.3 Å². The molecule has 1 atom stereocenters. The van der Waals surface area contributed by atoms with E-state index >= 15 is 0 Å². The molecule has 1 aliphatic rings. The van der Waals surface area contributed by atoms with Crippen LogP contribution in [0.3, 0.4) is 0 Å². The molecule has 1 heterocycles. The Morgan fingerprint density at radius 2 is 2.33 bits per heavy atom. The van der Waals surface area contributed by atoms with Crippen LogP contribution in [0.15, 0.2) is 24.3 Å². The van der Waals surface area contributed by atoms with Crippen molar-refractivity contribution in [3.05, 3.63) is 29.8 Å². The average molecular weight is 247 g/mol. The third-order valence-corrected chi connectivity index (χ3v) is 3.35. The molecule has 18 heavy (non-hydrogen) atoms. The second-order valence-corrected chi connectivity index (χ2v) is 4.83. The number of nitrogens with two attached hydrogens (primary N) is 1. The smallest absolute Gasteiger partial charge is 0.122 e. The summed E-state index contributed by atoms with van der Waals surface area (Å²) in [5.41, 5.74) is 7.36. The Hall–Kier alpha value is -1.55. The van der Waals surface area contributed by atoms with Gasteiger partial charge in [0.05, 0.1) is 6.10 Å². The topological polar surface area (TPSA) is 62.3 Å². The number of anilines is 1. The Bertz CT molecular complexity index is 413. The highest BCUT2D eigenvalue weighted by molar-refractivity contribution is 5.95. The minimum Gasteiger partial charge on any atom is -0.384 e. The number of benzene rings is 1. The van der Waals surface area contributed by atoms with Crippen molar-refractivity contribution in [3.8, 4) is 0 Å². The van der Waals surface area contributed by atoms with Crippen LogP contribution in [0.2, 0.25) is 0 Å². The summed E-state index contributed by atoms with van der Waals surface area (Å²) in [7, 11) is 2.05. The molecule has 1 fully saturated rings. The predicted molar refractivity (Wildman–Crippen MR) is 74.3 cm³/mol. The van der Waals surface area contributed by atoms with Gasteiger partial charge in [-0.3, -0.25) is 5.41 Å². The van der Waals surface area contributed by atoms with Gasteiger partial charge in [0, 0.05) is 31.5 Å². The SMILES string of the molecule is CN(CC1CCCCO1)c1cccc(C(=N)N)c1. The number of ether oxygens (including phenoxy) is 1. The highest BCUT2D eigenvalue weighted by Crippen LogP contribution is 2.18. The van der Waals surface area contributed by atoms with Crippen molar-refractivity contribution in [2.24, 2.45) is 5.73 Å². The van der Waals surface area contributed by atoms with E-state index < -0.39 is 0 Å². The van der Waals surface area contributed by atoms with Crippen LogP contribution in [0.1, 0.15) is 24.8 Å². The molecule has 0 saturated carbocycles. The standard InChI is InChI=1S/C14H21N3O/c1-17(10-13-7-2-3-8-18-13)12-6-4-5-11(9-12)14(15)16/h4-6,9,13H,2-3,7-8,10H2,1H3,(H3,15,16). The highest BCUT2D eigenvalue weighted by atomic mass is 16.5. The number of nitrogen functional groups attached to an aromatic ring is 1. The predicted octanol–water partition coefficient (Wildman–Crippen LogP) is 1.98. The highest BCUT2D eigenvalue weighted by Gasteiger charge is 2.16. The molecular formula is C14H21N3O. The second-order valence-electron chi connectivity index (χ2n) is 4.83. The van der Waals surface area contributed by atoms with Crippen molar-refractivity contribution in [1.82, 2.24) is 0 Å². The lowest BCUT2D eigenvalue weighted by atomic mass is 10.1. The van der Waals surface area contributed by atoms with Crippen LogP contribution in [0.5, 0.6) is 0 Å². The molecule has 4 heteroatoms. The normalized spacial score (nSPS) is 19.5. The van der Waals surface area contributed by atoms with E-state index in [1.165, 1.54) is 12.8 Å². The molecule has 4 nitrogen and oxygen atoms in total. The Morgan fingerprint density at radius 3 is 3.00 bits per heavy atom. The number of likely N-dealkylation sites (N-methyl/N-ethyl adjacent to an activating group) is 1. The summed E-state index contributed by atoms with van der Waals surface area (Å²) < 4.78 is 5.74. The van der Waals surface area contributed by atoms with Gasteiger partial charge in [-0.2, -0.15) is 0 Å². The molecular weight excluding hydrogens is 226 g/mol. The first-order valence-electron chi connectivity index (χ1n) is 6.44. The summed E-state index contributed by atoms with van der Waals surface area (Å²) >= 11 is 0. The van der Waals surface area contributed by atoms with Crippen molar-refractivity contribution in [1.29, 1.82) is 5.41 Å². The zero-order valence-electron chi connectivity index (χ0n) is 10.9. The van der Waals surface area contributed by atoms with Crippen molar-refractivity contribution in [2.75, 3.05) is 25.1 Å². The number of amidine groups is 1. The van der Waals surface area contributed by atoms with Gasteiger partial charge in [0.25, 0.3) is 0 Å². The van der Waals surface area contributed by atoms with E-state index in [1.54, 1.807) is 0 Å². The van der Waals surface area contributed by atoms with E-state index in [2.05, 4.69) is 11.9 Å². The minimum absolute atomic E-state index is 0.110. The molecule has 0 aliphatic carbocycles. The molecule has 0 aromatic heterocycles. The Labute approximate surface area is 108 Å². The van der Waals surface area contributed by atoms with Gasteiger partial charge in [0.15, 0.2) is 0 Å².